The fraction of sp³-hybridized carbons (Fsp3) is 0.222. The van der Waals surface area contributed by atoms with Crippen LogP contribution in [0.4, 0.5) is 10.1 Å². The van der Waals surface area contributed by atoms with Gasteiger partial charge < -0.3 is 4.74 Å². The van der Waals surface area contributed by atoms with Crippen molar-refractivity contribution in [1.29, 1.82) is 0 Å². The van der Waals surface area contributed by atoms with E-state index in [2.05, 4.69) is 0 Å². The lowest BCUT2D eigenvalue weighted by atomic mass is 9.97. The standard InChI is InChI=1S/C18H15ClFNO3/c1-24-15-6-5-11(16(20)10-15)7-12-8-17(22)21(18(12)23)14-4-2-3-13(19)9-14/h2-6,9-10,12H,7-8H2,1H3. The van der Waals surface area contributed by atoms with Crippen LogP contribution in [0, 0.1) is 11.7 Å². The minimum atomic E-state index is -0.584. The van der Waals surface area contributed by atoms with E-state index in [4.69, 9.17) is 16.3 Å². The number of anilines is 1. The molecule has 0 aromatic heterocycles. The number of rotatable bonds is 4. The second-order valence-corrected chi connectivity index (χ2v) is 6.05. The quantitative estimate of drug-likeness (QED) is 0.794. The predicted molar refractivity (Wildman–Crippen MR) is 88.7 cm³/mol. The van der Waals surface area contributed by atoms with E-state index in [9.17, 15) is 14.0 Å². The lowest BCUT2D eigenvalue weighted by Crippen LogP contribution is -2.30. The van der Waals surface area contributed by atoms with Gasteiger partial charge in [-0.15, -0.1) is 0 Å². The van der Waals surface area contributed by atoms with Crippen molar-refractivity contribution in [3.8, 4) is 5.75 Å². The molecule has 0 N–H and O–H groups in total. The van der Waals surface area contributed by atoms with Crippen LogP contribution < -0.4 is 9.64 Å². The number of carbonyl (C=O) groups excluding carboxylic acids is 2. The summed E-state index contributed by atoms with van der Waals surface area (Å²) in [7, 11) is 1.45. The summed E-state index contributed by atoms with van der Waals surface area (Å²) in [6.07, 6.45) is 0.217. The number of halogens is 2. The minimum Gasteiger partial charge on any atom is -0.497 e. The third-order valence-electron chi connectivity index (χ3n) is 4.03. The third-order valence-corrected chi connectivity index (χ3v) is 4.27. The first kappa shape index (κ1) is 16.5. The zero-order chi connectivity index (χ0) is 17.3. The van der Waals surface area contributed by atoms with Crippen LogP contribution in [0.5, 0.6) is 5.75 Å². The number of imide groups is 1. The fourth-order valence-corrected chi connectivity index (χ4v) is 3.01. The van der Waals surface area contributed by atoms with Gasteiger partial charge in [0.25, 0.3) is 0 Å². The highest BCUT2D eigenvalue weighted by Gasteiger charge is 2.39. The average molecular weight is 348 g/mol. The number of methoxy groups -OCH3 is 1. The molecule has 2 aromatic carbocycles. The van der Waals surface area contributed by atoms with E-state index in [-0.39, 0.29) is 24.7 Å². The zero-order valence-electron chi connectivity index (χ0n) is 13.0. The molecular formula is C18H15ClFNO3. The Morgan fingerprint density at radius 3 is 2.71 bits per heavy atom. The van der Waals surface area contributed by atoms with Crippen molar-refractivity contribution in [1.82, 2.24) is 0 Å². The van der Waals surface area contributed by atoms with Crippen molar-refractivity contribution < 1.29 is 18.7 Å². The molecule has 2 aromatic rings. The van der Waals surface area contributed by atoms with E-state index in [1.54, 1.807) is 36.4 Å². The summed E-state index contributed by atoms with van der Waals surface area (Å²) in [6.45, 7) is 0. The Kier molecular flexibility index (Phi) is 4.53. The molecule has 124 valence electrons. The zero-order valence-corrected chi connectivity index (χ0v) is 13.7. The molecule has 2 amide bonds. The van der Waals surface area contributed by atoms with Gasteiger partial charge in [-0.2, -0.15) is 0 Å². The summed E-state index contributed by atoms with van der Waals surface area (Å²) in [5.74, 6) is -1.26. The Bertz CT molecular complexity index is 809. The van der Waals surface area contributed by atoms with E-state index >= 15 is 0 Å². The molecule has 6 heteroatoms. The van der Waals surface area contributed by atoms with Gasteiger partial charge in [0.15, 0.2) is 0 Å². The second-order valence-electron chi connectivity index (χ2n) is 5.61. The molecule has 1 heterocycles. The Balaban J connectivity index is 1.82. The van der Waals surface area contributed by atoms with Crippen LogP contribution in [0.1, 0.15) is 12.0 Å². The molecule has 0 saturated carbocycles. The predicted octanol–water partition coefficient (Wildman–Crippen LogP) is 3.61. The minimum absolute atomic E-state index is 0.0524. The highest BCUT2D eigenvalue weighted by molar-refractivity contribution is 6.31. The number of carbonyl (C=O) groups is 2. The van der Waals surface area contributed by atoms with Gasteiger partial charge >= 0.3 is 0 Å². The summed E-state index contributed by atoms with van der Waals surface area (Å²) in [5.41, 5.74) is 0.824. The SMILES string of the molecule is COc1ccc(CC2CC(=O)N(c3cccc(Cl)c3)C2=O)c(F)c1. The molecule has 0 bridgehead atoms. The van der Waals surface area contributed by atoms with E-state index in [1.807, 2.05) is 0 Å². The Labute approximate surface area is 143 Å². The van der Waals surface area contributed by atoms with Crippen LogP contribution >= 0.6 is 11.6 Å². The molecule has 1 aliphatic rings. The van der Waals surface area contributed by atoms with Crippen molar-refractivity contribution in [2.75, 3.05) is 12.0 Å². The van der Waals surface area contributed by atoms with Crippen molar-refractivity contribution in [3.05, 3.63) is 58.9 Å². The molecule has 4 nitrogen and oxygen atoms in total. The second kappa shape index (κ2) is 6.61. The molecular weight excluding hydrogens is 333 g/mol. The first-order valence-electron chi connectivity index (χ1n) is 7.44. The maximum absolute atomic E-state index is 14.1. The van der Waals surface area contributed by atoms with Crippen LogP contribution in [0.3, 0.4) is 0 Å². The van der Waals surface area contributed by atoms with Crippen LogP contribution in [0.15, 0.2) is 42.5 Å². The van der Waals surface area contributed by atoms with E-state index in [1.165, 1.54) is 13.2 Å². The summed E-state index contributed by atoms with van der Waals surface area (Å²) >= 11 is 5.92. The lowest BCUT2D eigenvalue weighted by molar-refractivity contribution is -0.122. The van der Waals surface area contributed by atoms with Gasteiger partial charge in [-0.25, -0.2) is 4.39 Å². The van der Waals surface area contributed by atoms with E-state index in [0.29, 0.717) is 22.0 Å². The molecule has 24 heavy (non-hydrogen) atoms. The topological polar surface area (TPSA) is 46.6 Å². The monoisotopic (exact) mass is 347 g/mol. The summed E-state index contributed by atoms with van der Waals surface area (Å²) in [4.78, 5) is 25.9. The number of hydrogen-bond acceptors (Lipinski definition) is 3. The smallest absolute Gasteiger partial charge is 0.237 e. The molecule has 1 unspecified atom stereocenters. The van der Waals surface area contributed by atoms with Crippen LogP contribution in [0.2, 0.25) is 5.02 Å². The fourth-order valence-electron chi connectivity index (χ4n) is 2.83. The van der Waals surface area contributed by atoms with Crippen molar-refractivity contribution >= 4 is 29.1 Å². The van der Waals surface area contributed by atoms with Crippen molar-refractivity contribution in [3.63, 3.8) is 0 Å². The van der Waals surface area contributed by atoms with E-state index < -0.39 is 11.7 Å². The molecule has 0 spiro atoms. The molecule has 3 rings (SSSR count). The van der Waals surface area contributed by atoms with Gasteiger partial charge in [-0.05, 0) is 36.2 Å². The van der Waals surface area contributed by atoms with Gasteiger partial charge in [0.2, 0.25) is 11.8 Å². The van der Waals surface area contributed by atoms with Crippen LogP contribution in [-0.4, -0.2) is 18.9 Å². The lowest BCUT2D eigenvalue weighted by Gasteiger charge is -2.15. The number of nitrogens with zero attached hydrogens (tertiary/aromatic N) is 1. The number of amides is 2. The summed E-state index contributed by atoms with van der Waals surface area (Å²) in [5, 5.41) is 0.442. The number of ether oxygens (including phenoxy) is 1. The van der Waals surface area contributed by atoms with Gasteiger partial charge in [-0.1, -0.05) is 23.7 Å². The third kappa shape index (κ3) is 3.12. The molecule has 1 saturated heterocycles. The molecule has 1 fully saturated rings. The van der Waals surface area contributed by atoms with Gasteiger partial charge in [0.05, 0.1) is 18.7 Å². The maximum atomic E-state index is 14.1. The van der Waals surface area contributed by atoms with Crippen LogP contribution in [-0.2, 0) is 16.0 Å². The summed E-state index contributed by atoms with van der Waals surface area (Å²) < 4.78 is 19.0. The highest BCUT2D eigenvalue weighted by Crippen LogP contribution is 2.31. The van der Waals surface area contributed by atoms with Gasteiger partial charge in [0.1, 0.15) is 11.6 Å². The van der Waals surface area contributed by atoms with Gasteiger partial charge in [-0.3, -0.25) is 14.5 Å². The molecule has 0 radical (unpaired) electrons. The Morgan fingerprint density at radius 1 is 1.25 bits per heavy atom. The Hall–Kier alpha value is -2.40. The highest BCUT2D eigenvalue weighted by atomic mass is 35.5. The first-order valence-corrected chi connectivity index (χ1v) is 7.82. The van der Waals surface area contributed by atoms with Gasteiger partial charge in [0, 0.05) is 17.5 Å². The first-order chi connectivity index (χ1) is 11.5. The van der Waals surface area contributed by atoms with Crippen LogP contribution in [0.25, 0.3) is 0 Å². The molecule has 0 aliphatic carbocycles. The van der Waals surface area contributed by atoms with E-state index in [0.717, 1.165) is 4.90 Å². The average Bonchev–Trinajstić information content (AvgIpc) is 2.83. The maximum Gasteiger partial charge on any atom is 0.237 e. The molecule has 1 aliphatic heterocycles. The molecule has 1 atom stereocenters. The normalized spacial score (nSPS) is 17.5. The number of hydrogen-bond donors (Lipinski definition) is 0. The number of benzene rings is 2. The van der Waals surface area contributed by atoms with Crippen molar-refractivity contribution in [2.45, 2.75) is 12.8 Å². The largest absolute Gasteiger partial charge is 0.497 e. The van der Waals surface area contributed by atoms with Crippen molar-refractivity contribution in [2.24, 2.45) is 5.92 Å². The summed E-state index contributed by atoms with van der Waals surface area (Å²) in [6, 6.07) is 11.0. The Morgan fingerprint density at radius 2 is 2.04 bits per heavy atom.